The molecule has 0 aromatic heterocycles. The number of rotatable bonds is 3. The Morgan fingerprint density at radius 1 is 1.53 bits per heavy atom. The van der Waals surface area contributed by atoms with Crippen LogP contribution in [-0.2, 0) is 4.74 Å². The Labute approximate surface area is 88.2 Å². The van der Waals surface area contributed by atoms with Crippen LogP contribution in [0.2, 0.25) is 0 Å². The number of carbonyl (C=O) groups is 1. The number of hydrogen-bond acceptors (Lipinski definition) is 2. The molecule has 0 aliphatic rings. The van der Waals surface area contributed by atoms with Crippen LogP contribution in [-0.4, -0.2) is 12.7 Å². The number of halogens is 1. The predicted octanol–water partition coefficient (Wildman–Crippen LogP) is 3.09. The van der Waals surface area contributed by atoms with E-state index in [1.54, 1.807) is 13.0 Å². The molecule has 1 N–H and O–H groups in total. The Morgan fingerprint density at radius 2 is 2.27 bits per heavy atom. The van der Waals surface area contributed by atoms with Gasteiger partial charge >= 0.3 is 6.09 Å². The fraction of sp³-hybridized carbons (Fsp3) is 0.364. The third-order valence-corrected chi connectivity index (χ3v) is 1.80. The summed E-state index contributed by atoms with van der Waals surface area (Å²) in [5, 5.41) is 2.34. The maximum atomic E-state index is 13.3. The maximum absolute atomic E-state index is 13.3. The van der Waals surface area contributed by atoms with E-state index in [-0.39, 0.29) is 5.69 Å². The van der Waals surface area contributed by atoms with Gasteiger partial charge in [0.1, 0.15) is 5.82 Å². The quantitative estimate of drug-likeness (QED) is 0.834. The lowest BCUT2D eigenvalue weighted by atomic mass is 10.2. The monoisotopic (exact) mass is 211 g/mol. The van der Waals surface area contributed by atoms with E-state index in [0.717, 1.165) is 12.0 Å². The van der Waals surface area contributed by atoms with Crippen molar-refractivity contribution >= 4 is 11.8 Å². The van der Waals surface area contributed by atoms with Crippen LogP contribution in [0.4, 0.5) is 14.9 Å². The lowest BCUT2D eigenvalue weighted by Crippen LogP contribution is -2.15. The van der Waals surface area contributed by atoms with Gasteiger partial charge in [0.05, 0.1) is 12.3 Å². The molecule has 82 valence electrons. The van der Waals surface area contributed by atoms with Crippen molar-refractivity contribution in [3.63, 3.8) is 0 Å². The molecule has 0 radical (unpaired) electrons. The van der Waals surface area contributed by atoms with Crippen LogP contribution in [0.3, 0.4) is 0 Å². The van der Waals surface area contributed by atoms with Gasteiger partial charge in [-0.15, -0.1) is 0 Å². The zero-order valence-corrected chi connectivity index (χ0v) is 8.84. The topological polar surface area (TPSA) is 38.3 Å². The molecule has 0 unspecified atom stereocenters. The summed E-state index contributed by atoms with van der Waals surface area (Å²) in [7, 11) is 0. The van der Waals surface area contributed by atoms with E-state index in [0.29, 0.717) is 6.61 Å². The van der Waals surface area contributed by atoms with Crippen LogP contribution >= 0.6 is 0 Å². The minimum absolute atomic E-state index is 0.140. The smallest absolute Gasteiger partial charge is 0.411 e. The van der Waals surface area contributed by atoms with Gasteiger partial charge in [-0.1, -0.05) is 13.0 Å². The van der Waals surface area contributed by atoms with Crippen molar-refractivity contribution in [3.8, 4) is 0 Å². The Kier molecular flexibility index (Phi) is 4.09. The number of ether oxygens (including phenoxy) is 1. The predicted molar refractivity (Wildman–Crippen MR) is 56.4 cm³/mol. The highest BCUT2D eigenvalue weighted by atomic mass is 19.1. The standard InChI is InChI=1S/C11H14FNO2/c1-3-6-15-11(14)13-10-5-4-8(2)7-9(10)12/h4-5,7H,3,6H2,1-2H3,(H,13,14). The van der Waals surface area contributed by atoms with E-state index >= 15 is 0 Å². The number of nitrogens with one attached hydrogen (secondary N) is 1. The van der Waals surface area contributed by atoms with Crippen LogP contribution in [0.25, 0.3) is 0 Å². The van der Waals surface area contributed by atoms with Crippen molar-refractivity contribution in [2.24, 2.45) is 0 Å². The first-order valence-electron chi connectivity index (χ1n) is 4.83. The molecule has 0 spiro atoms. The molecular weight excluding hydrogens is 197 g/mol. The number of aryl methyl sites for hydroxylation is 1. The lowest BCUT2D eigenvalue weighted by Gasteiger charge is -2.07. The van der Waals surface area contributed by atoms with Gasteiger partial charge in [0, 0.05) is 0 Å². The summed E-state index contributed by atoms with van der Waals surface area (Å²) in [5.41, 5.74) is 0.946. The molecule has 1 aromatic carbocycles. The minimum atomic E-state index is -0.625. The second kappa shape index (κ2) is 5.34. The van der Waals surface area contributed by atoms with E-state index in [2.05, 4.69) is 5.32 Å². The zero-order valence-electron chi connectivity index (χ0n) is 8.84. The van der Waals surface area contributed by atoms with Crippen LogP contribution in [0.15, 0.2) is 18.2 Å². The summed E-state index contributed by atoms with van der Waals surface area (Å²) in [6, 6.07) is 4.59. The highest BCUT2D eigenvalue weighted by molar-refractivity contribution is 5.84. The van der Waals surface area contributed by atoms with Crippen LogP contribution in [0, 0.1) is 12.7 Å². The van der Waals surface area contributed by atoms with Gasteiger partial charge in [0.25, 0.3) is 0 Å². The molecule has 0 saturated heterocycles. The van der Waals surface area contributed by atoms with E-state index < -0.39 is 11.9 Å². The number of carbonyl (C=O) groups excluding carboxylic acids is 1. The van der Waals surface area contributed by atoms with Gasteiger partial charge in [-0.05, 0) is 31.0 Å². The molecule has 0 heterocycles. The summed E-state index contributed by atoms with van der Waals surface area (Å²) in [5.74, 6) is -0.455. The fourth-order valence-electron chi connectivity index (χ4n) is 1.06. The van der Waals surface area contributed by atoms with E-state index in [4.69, 9.17) is 4.74 Å². The first-order chi connectivity index (χ1) is 7.13. The third-order valence-electron chi connectivity index (χ3n) is 1.80. The van der Waals surface area contributed by atoms with E-state index in [9.17, 15) is 9.18 Å². The number of hydrogen-bond donors (Lipinski definition) is 1. The SMILES string of the molecule is CCCOC(=O)Nc1ccc(C)cc1F. The summed E-state index contributed by atoms with van der Waals surface area (Å²) in [4.78, 5) is 11.1. The molecule has 0 aliphatic heterocycles. The van der Waals surface area contributed by atoms with Crippen molar-refractivity contribution in [1.29, 1.82) is 0 Å². The number of anilines is 1. The molecule has 1 amide bonds. The van der Waals surface area contributed by atoms with Gasteiger partial charge < -0.3 is 4.74 Å². The normalized spacial score (nSPS) is 9.80. The van der Waals surface area contributed by atoms with Crippen molar-refractivity contribution < 1.29 is 13.9 Å². The van der Waals surface area contributed by atoms with Crippen molar-refractivity contribution in [2.45, 2.75) is 20.3 Å². The van der Waals surface area contributed by atoms with Gasteiger partial charge in [-0.3, -0.25) is 5.32 Å². The van der Waals surface area contributed by atoms with Crippen molar-refractivity contribution in [2.75, 3.05) is 11.9 Å². The molecule has 0 bridgehead atoms. The molecule has 0 aliphatic carbocycles. The van der Waals surface area contributed by atoms with E-state index in [1.165, 1.54) is 12.1 Å². The van der Waals surface area contributed by atoms with Gasteiger partial charge in [-0.25, -0.2) is 9.18 Å². The Balaban J connectivity index is 2.60. The molecule has 4 heteroatoms. The number of benzene rings is 1. The highest BCUT2D eigenvalue weighted by Gasteiger charge is 2.06. The molecule has 1 aromatic rings. The third kappa shape index (κ3) is 3.58. The first-order valence-corrected chi connectivity index (χ1v) is 4.83. The van der Waals surface area contributed by atoms with Gasteiger partial charge in [-0.2, -0.15) is 0 Å². The van der Waals surface area contributed by atoms with Crippen LogP contribution < -0.4 is 5.32 Å². The van der Waals surface area contributed by atoms with Crippen molar-refractivity contribution in [3.05, 3.63) is 29.6 Å². The Hall–Kier alpha value is -1.58. The van der Waals surface area contributed by atoms with Gasteiger partial charge in [0.15, 0.2) is 0 Å². The second-order valence-electron chi connectivity index (χ2n) is 3.24. The molecule has 0 atom stereocenters. The molecule has 0 saturated carbocycles. The fourth-order valence-corrected chi connectivity index (χ4v) is 1.06. The summed E-state index contributed by atoms with van der Waals surface area (Å²) < 4.78 is 18.0. The van der Waals surface area contributed by atoms with Crippen LogP contribution in [0.1, 0.15) is 18.9 Å². The lowest BCUT2D eigenvalue weighted by molar-refractivity contribution is 0.161. The molecule has 0 fully saturated rings. The zero-order chi connectivity index (χ0) is 11.3. The Bertz CT molecular complexity index is 352. The first kappa shape index (κ1) is 11.5. The average molecular weight is 211 g/mol. The summed E-state index contributed by atoms with van der Waals surface area (Å²) in [6.07, 6.45) is 0.115. The molecule has 15 heavy (non-hydrogen) atoms. The van der Waals surface area contributed by atoms with Crippen molar-refractivity contribution in [1.82, 2.24) is 0 Å². The second-order valence-corrected chi connectivity index (χ2v) is 3.24. The molecule has 1 rings (SSSR count). The minimum Gasteiger partial charge on any atom is -0.449 e. The maximum Gasteiger partial charge on any atom is 0.411 e. The van der Waals surface area contributed by atoms with Gasteiger partial charge in [0.2, 0.25) is 0 Å². The van der Waals surface area contributed by atoms with Crippen LogP contribution in [0.5, 0.6) is 0 Å². The number of amides is 1. The Morgan fingerprint density at radius 3 is 2.87 bits per heavy atom. The average Bonchev–Trinajstić information content (AvgIpc) is 2.19. The summed E-state index contributed by atoms with van der Waals surface area (Å²) in [6.45, 7) is 4.00. The molecule has 3 nitrogen and oxygen atoms in total. The van der Waals surface area contributed by atoms with E-state index in [1.807, 2.05) is 6.92 Å². The summed E-state index contributed by atoms with van der Waals surface area (Å²) >= 11 is 0. The largest absolute Gasteiger partial charge is 0.449 e. The molecular formula is C11H14FNO2. The highest BCUT2D eigenvalue weighted by Crippen LogP contribution is 2.15.